The van der Waals surface area contributed by atoms with E-state index >= 15 is 0 Å². The summed E-state index contributed by atoms with van der Waals surface area (Å²) in [4.78, 5) is 26.0. The Hall–Kier alpha value is -2.35. The Bertz CT molecular complexity index is 823. The topological polar surface area (TPSA) is 58.1 Å². The van der Waals surface area contributed by atoms with Gasteiger partial charge < -0.3 is 14.5 Å². The molecular weight excluding hydrogens is 380 g/mol. The van der Waals surface area contributed by atoms with Crippen molar-refractivity contribution in [2.75, 3.05) is 40.3 Å². The van der Waals surface area contributed by atoms with Crippen LogP contribution in [0.2, 0.25) is 5.02 Å². The molecule has 28 heavy (non-hydrogen) atoms. The van der Waals surface area contributed by atoms with Crippen LogP contribution in [0.25, 0.3) is 0 Å². The van der Waals surface area contributed by atoms with Crippen LogP contribution in [-0.4, -0.2) is 66.2 Å². The normalized spacial score (nSPS) is 15.0. The number of hydrogen-bond acceptors (Lipinski definition) is 6. The van der Waals surface area contributed by atoms with Crippen LogP contribution in [0.3, 0.4) is 0 Å². The third-order valence-corrected chi connectivity index (χ3v) is 4.68. The lowest BCUT2D eigenvalue weighted by Gasteiger charge is -2.34. The van der Waals surface area contributed by atoms with Gasteiger partial charge in [-0.2, -0.15) is 5.06 Å². The van der Waals surface area contributed by atoms with Gasteiger partial charge in [-0.3, -0.25) is 9.88 Å². The fraction of sp³-hybridized carbons (Fsp3) is 0.400. The number of aromatic nitrogens is 1. The van der Waals surface area contributed by atoms with Crippen LogP contribution in [0.1, 0.15) is 11.1 Å². The summed E-state index contributed by atoms with van der Waals surface area (Å²) in [6.45, 7) is 5.46. The van der Waals surface area contributed by atoms with Gasteiger partial charge in [0.1, 0.15) is 0 Å². The van der Waals surface area contributed by atoms with Gasteiger partial charge >= 0.3 is 6.09 Å². The number of ether oxygens (including phenoxy) is 1. The number of piperazine rings is 1. The highest BCUT2D eigenvalue weighted by atomic mass is 35.5. The molecule has 0 radical (unpaired) electrons. The highest BCUT2D eigenvalue weighted by Gasteiger charge is 2.23. The number of carbonyl (C=O) groups excluding carboxylic acids is 1. The number of hydroxylamine groups is 2. The van der Waals surface area contributed by atoms with Crippen LogP contribution in [0.4, 0.5) is 4.79 Å². The summed E-state index contributed by atoms with van der Waals surface area (Å²) in [5.74, 6) is 1.11. The van der Waals surface area contributed by atoms with Gasteiger partial charge in [-0.15, -0.1) is 0 Å². The number of benzene rings is 1. The third-order valence-electron chi connectivity index (χ3n) is 4.37. The number of pyridine rings is 1. The number of rotatable bonds is 5. The first kappa shape index (κ1) is 20.4. The summed E-state index contributed by atoms with van der Waals surface area (Å²) < 4.78 is 5.42. The molecular formula is C20H25ClN4O3. The number of aryl methyl sites for hydroxylation is 1. The van der Waals surface area contributed by atoms with Crippen LogP contribution in [-0.2, 0) is 6.54 Å². The fourth-order valence-corrected chi connectivity index (χ4v) is 3.16. The second kappa shape index (κ2) is 9.23. The summed E-state index contributed by atoms with van der Waals surface area (Å²) in [6, 6.07) is 7.60. The quantitative estimate of drug-likeness (QED) is 0.713. The zero-order chi connectivity index (χ0) is 20.1. The van der Waals surface area contributed by atoms with Gasteiger partial charge in [0.2, 0.25) is 0 Å². The van der Waals surface area contributed by atoms with Gasteiger partial charge in [0.05, 0.1) is 11.2 Å². The van der Waals surface area contributed by atoms with E-state index in [0.717, 1.165) is 30.8 Å². The van der Waals surface area contributed by atoms with Crippen molar-refractivity contribution in [3.8, 4) is 11.5 Å². The Morgan fingerprint density at radius 2 is 1.93 bits per heavy atom. The summed E-state index contributed by atoms with van der Waals surface area (Å²) in [7, 11) is 3.63. The summed E-state index contributed by atoms with van der Waals surface area (Å²) in [5.41, 5.74) is 2.07. The Morgan fingerprint density at radius 1 is 1.18 bits per heavy atom. The van der Waals surface area contributed by atoms with Crippen molar-refractivity contribution < 1.29 is 14.4 Å². The molecule has 1 saturated heterocycles. The Kier molecular flexibility index (Phi) is 6.72. The van der Waals surface area contributed by atoms with Crippen molar-refractivity contribution >= 4 is 17.7 Å². The minimum Gasteiger partial charge on any atom is -0.409 e. The lowest BCUT2D eigenvalue weighted by Crippen LogP contribution is -2.49. The first-order valence-corrected chi connectivity index (χ1v) is 9.53. The van der Waals surface area contributed by atoms with Crippen molar-refractivity contribution in [2.45, 2.75) is 13.5 Å². The molecule has 2 aromatic rings. The molecule has 0 atom stereocenters. The monoisotopic (exact) mass is 404 g/mol. The molecule has 0 bridgehead atoms. The zero-order valence-corrected chi connectivity index (χ0v) is 17.1. The van der Waals surface area contributed by atoms with Crippen LogP contribution in [0, 0.1) is 6.92 Å². The zero-order valence-electron chi connectivity index (χ0n) is 16.4. The lowest BCUT2D eigenvalue weighted by molar-refractivity contribution is -0.00328. The van der Waals surface area contributed by atoms with Crippen LogP contribution in [0.15, 0.2) is 36.7 Å². The van der Waals surface area contributed by atoms with E-state index in [1.54, 1.807) is 28.4 Å². The molecule has 1 aliphatic heterocycles. The molecule has 0 spiro atoms. The maximum absolute atomic E-state index is 12.4. The molecule has 150 valence electrons. The van der Waals surface area contributed by atoms with E-state index in [-0.39, 0.29) is 6.09 Å². The van der Waals surface area contributed by atoms with E-state index in [1.165, 1.54) is 0 Å². The van der Waals surface area contributed by atoms with Gasteiger partial charge in [0.25, 0.3) is 0 Å². The van der Waals surface area contributed by atoms with E-state index in [0.29, 0.717) is 29.6 Å². The van der Waals surface area contributed by atoms with Crippen molar-refractivity contribution in [3.63, 3.8) is 0 Å². The lowest BCUT2D eigenvalue weighted by atomic mass is 10.2. The molecule has 0 unspecified atom stereocenters. The van der Waals surface area contributed by atoms with E-state index in [9.17, 15) is 4.79 Å². The van der Waals surface area contributed by atoms with Crippen LogP contribution >= 0.6 is 11.6 Å². The van der Waals surface area contributed by atoms with E-state index < -0.39 is 0 Å². The van der Waals surface area contributed by atoms with Gasteiger partial charge in [-0.25, -0.2) is 4.79 Å². The highest BCUT2D eigenvalue weighted by molar-refractivity contribution is 6.32. The minimum absolute atomic E-state index is 0.333. The first-order valence-electron chi connectivity index (χ1n) is 9.15. The summed E-state index contributed by atoms with van der Waals surface area (Å²) >= 11 is 6.19. The third kappa shape index (κ3) is 5.58. The average Bonchev–Trinajstić information content (AvgIpc) is 2.64. The van der Waals surface area contributed by atoms with E-state index in [2.05, 4.69) is 9.88 Å². The summed E-state index contributed by atoms with van der Waals surface area (Å²) in [5, 5.41) is 2.19. The number of nitrogens with zero attached hydrogens (tertiary/aromatic N) is 4. The largest absolute Gasteiger partial charge is 0.415 e. The van der Waals surface area contributed by atoms with Crippen molar-refractivity contribution in [1.82, 2.24) is 19.8 Å². The first-order chi connectivity index (χ1) is 13.4. The highest BCUT2D eigenvalue weighted by Crippen LogP contribution is 2.26. The van der Waals surface area contributed by atoms with Crippen LogP contribution in [0.5, 0.6) is 11.5 Å². The Labute approximate surface area is 170 Å². The number of hydrogen-bond donors (Lipinski definition) is 0. The van der Waals surface area contributed by atoms with E-state index in [4.69, 9.17) is 21.2 Å². The SMILES string of the molecule is Cc1cncc(OC(=O)N2CCN(Cc3ccc(Cl)c(ON(C)C)c3)CC2)c1. The molecule has 0 aliphatic carbocycles. The average molecular weight is 405 g/mol. The molecule has 1 aliphatic rings. The summed E-state index contributed by atoms with van der Waals surface area (Å²) in [6.07, 6.45) is 2.94. The molecule has 1 fully saturated rings. The number of carbonyl (C=O) groups is 1. The number of amides is 1. The van der Waals surface area contributed by atoms with Gasteiger partial charge in [-0.1, -0.05) is 17.7 Å². The Morgan fingerprint density at radius 3 is 2.61 bits per heavy atom. The molecule has 3 rings (SSSR count). The molecule has 1 amide bonds. The molecule has 0 saturated carbocycles. The Balaban J connectivity index is 1.52. The van der Waals surface area contributed by atoms with Crippen molar-refractivity contribution in [1.29, 1.82) is 0 Å². The van der Waals surface area contributed by atoms with Crippen molar-refractivity contribution in [2.24, 2.45) is 0 Å². The van der Waals surface area contributed by atoms with Crippen LogP contribution < -0.4 is 9.57 Å². The second-order valence-electron chi connectivity index (χ2n) is 7.00. The number of halogens is 1. The fourth-order valence-electron chi connectivity index (χ4n) is 3.01. The maximum Gasteiger partial charge on any atom is 0.415 e. The van der Waals surface area contributed by atoms with Gasteiger partial charge in [-0.05, 0) is 36.2 Å². The predicted molar refractivity (Wildman–Crippen MR) is 108 cm³/mol. The van der Waals surface area contributed by atoms with E-state index in [1.807, 2.05) is 39.2 Å². The second-order valence-corrected chi connectivity index (χ2v) is 7.40. The molecule has 1 aromatic carbocycles. The van der Waals surface area contributed by atoms with Gasteiger partial charge in [0.15, 0.2) is 11.5 Å². The van der Waals surface area contributed by atoms with Gasteiger partial charge in [0, 0.05) is 53.0 Å². The molecule has 2 heterocycles. The molecule has 0 N–H and O–H groups in total. The minimum atomic E-state index is -0.333. The molecule has 1 aromatic heterocycles. The van der Waals surface area contributed by atoms with Crippen molar-refractivity contribution in [3.05, 3.63) is 52.8 Å². The smallest absolute Gasteiger partial charge is 0.409 e. The molecule has 7 nitrogen and oxygen atoms in total. The standard InChI is InChI=1S/C20H25ClN4O3/c1-15-10-17(13-22-12-15)27-20(26)25-8-6-24(7-9-25)14-16-4-5-18(21)19(11-16)28-23(2)3/h4-5,10-13H,6-9,14H2,1-3H3. The molecule has 8 heteroatoms. The predicted octanol–water partition coefficient (Wildman–Crippen LogP) is 3.22. The maximum atomic E-state index is 12.4.